The summed E-state index contributed by atoms with van der Waals surface area (Å²) in [4.78, 5) is 28.7. The standard InChI is InChI=1S/C26H33N3O5/c1-16-12-20(15-28(3)25(16)31)24-27-22-13-18(4-6-21(17(2)30)26(32)33)5-7-23(22)29(24)14-19-8-10-34-11-9-19/h5,7,12-13,15,17,19,21,30H,4,6,8-11,14H2,1-3H3,(H,32,33)/t17-,21-/m0/s1. The van der Waals surface area contributed by atoms with Crippen molar-refractivity contribution in [3.63, 3.8) is 0 Å². The number of carboxylic acid groups (broad SMARTS) is 1. The van der Waals surface area contributed by atoms with E-state index < -0.39 is 18.0 Å². The average Bonchev–Trinajstić information content (AvgIpc) is 3.15. The van der Waals surface area contributed by atoms with Gasteiger partial charge in [0.1, 0.15) is 5.82 Å². The molecule has 2 aromatic heterocycles. The van der Waals surface area contributed by atoms with Crippen molar-refractivity contribution in [2.45, 2.75) is 52.2 Å². The number of fused-ring (bicyclic) bond motifs is 1. The Morgan fingerprint density at radius 3 is 2.65 bits per heavy atom. The van der Waals surface area contributed by atoms with E-state index in [0.29, 0.717) is 24.3 Å². The molecule has 1 aromatic carbocycles. The first-order chi connectivity index (χ1) is 16.2. The van der Waals surface area contributed by atoms with Crippen molar-refractivity contribution in [1.29, 1.82) is 0 Å². The maximum atomic E-state index is 12.3. The molecule has 2 N–H and O–H groups in total. The normalized spacial score (nSPS) is 16.6. The minimum atomic E-state index is -0.982. The first-order valence-electron chi connectivity index (χ1n) is 11.9. The summed E-state index contributed by atoms with van der Waals surface area (Å²) in [6, 6.07) is 7.97. The second-order valence-electron chi connectivity index (χ2n) is 9.48. The van der Waals surface area contributed by atoms with Crippen LogP contribution >= 0.6 is 0 Å². The Morgan fingerprint density at radius 1 is 1.26 bits per heavy atom. The molecule has 8 nitrogen and oxygen atoms in total. The van der Waals surface area contributed by atoms with E-state index in [1.54, 1.807) is 11.6 Å². The molecule has 0 spiro atoms. The maximum absolute atomic E-state index is 12.3. The SMILES string of the molecule is Cc1cc(-c2nc3cc(CC[C@H](C(=O)O)[C@H](C)O)ccc3n2CC2CCOCC2)cn(C)c1=O. The number of hydrogen-bond acceptors (Lipinski definition) is 5. The molecule has 8 heteroatoms. The third-order valence-corrected chi connectivity index (χ3v) is 6.86. The third kappa shape index (κ3) is 5.08. The largest absolute Gasteiger partial charge is 0.481 e. The van der Waals surface area contributed by atoms with E-state index >= 15 is 0 Å². The quantitative estimate of drug-likeness (QED) is 0.527. The summed E-state index contributed by atoms with van der Waals surface area (Å²) < 4.78 is 9.37. The number of carboxylic acids is 1. The van der Waals surface area contributed by atoms with Crippen molar-refractivity contribution in [2.24, 2.45) is 18.9 Å². The number of rotatable bonds is 8. The van der Waals surface area contributed by atoms with Crippen molar-refractivity contribution in [2.75, 3.05) is 13.2 Å². The summed E-state index contributed by atoms with van der Waals surface area (Å²) in [6.45, 7) is 5.69. The lowest BCUT2D eigenvalue weighted by Crippen LogP contribution is -2.26. The van der Waals surface area contributed by atoms with E-state index in [0.717, 1.165) is 60.6 Å². The highest BCUT2D eigenvalue weighted by Gasteiger charge is 2.23. The van der Waals surface area contributed by atoms with Crippen LogP contribution in [0.4, 0.5) is 0 Å². The summed E-state index contributed by atoms with van der Waals surface area (Å²) in [7, 11) is 1.75. The van der Waals surface area contributed by atoms with Gasteiger partial charge in [0.2, 0.25) is 0 Å². The molecule has 0 amide bonds. The number of aromatic nitrogens is 3. The molecule has 1 aliphatic rings. The van der Waals surface area contributed by atoms with Crippen LogP contribution in [0.25, 0.3) is 22.4 Å². The predicted molar refractivity (Wildman–Crippen MR) is 130 cm³/mol. The van der Waals surface area contributed by atoms with Gasteiger partial charge in [-0.15, -0.1) is 0 Å². The molecule has 1 aliphatic heterocycles. The van der Waals surface area contributed by atoms with Gasteiger partial charge in [0.15, 0.2) is 0 Å². The summed E-state index contributed by atoms with van der Waals surface area (Å²) in [6.07, 6.45) is 3.82. The van der Waals surface area contributed by atoms with Gasteiger partial charge in [0, 0.05) is 44.1 Å². The molecule has 3 aromatic rings. The average molecular weight is 468 g/mol. The van der Waals surface area contributed by atoms with E-state index in [9.17, 15) is 19.8 Å². The Labute approximate surface area is 198 Å². The molecule has 4 rings (SSSR count). The van der Waals surface area contributed by atoms with Crippen LogP contribution < -0.4 is 5.56 Å². The fourth-order valence-corrected chi connectivity index (χ4v) is 4.82. The van der Waals surface area contributed by atoms with Gasteiger partial charge >= 0.3 is 5.97 Å². The van der Waals surface area contributed by atoms with Gasteiger partial charge in [-0.1, -0.05) is 6.07 Å². The second kappa shape index (κ2) is 10.1. The molecule has 0 unspecified atom stereocenters. The van der Waals surface area contributed by atoms with Gasteiger partial charge in [-0.25, -0.2) is 4.98 Å². The fraction of sp³-hybridized carbons (Fsp3) is 0.500. The fourth-order valence-electron chi connectivity index (χ4n) is 4.82. The predicted octanol–water partition coefficient (Wildman–Crippen LogP) is 3.15. The van der Waals surface area contributed by atoms with Gasteiger partial charge < -0.3 is 24.1 Å². The van der Waals surface area contributed by atoms with E-state index in [2.05, 4.69) is 4.57 Å². The molecular weight excluding hydrogens is 434 g/mol. The zero-order valence-corrected chi connectivity index (χ0v) is 20.0. The molecule has 3 heterocycles. The lowest BCUT2D eigenvalue weighted by molar-refractivity contribution is -0.145. The molecular formula is C26H33N3O5. The molecule has 0 bridgehead atoms. The second-order valence-corrected chi connectivity index (χ2v) is 9.48. The Morgan fingerprint density at radius 2 is 2.00 bits per heavy atom. The summed E-state index contributed by atoms with van der Waals surface area (Å²) in [5, 5.41) is 19.2. The minimum absolute atomic E-state index is 0.0239. The molecule has 0 radical (unpaired) electrons. The molecule has 182 valence electrons. The number of benzene rings is 1. The first kappa shape index (κ1) is 24.2. The monoisotopic (exact) mass is 467 g/mol. The highest BCUT2D eigenvalue weighted by atomic mass is 16.5. The summed E-state index contributed by atoms with van der Waals surface area (Å²) in [5.74, 6) is -0.472. The van der Waals surface area contributed by atoms with E-state index in [-0.39, 0.29) is 5.56 Å². The highest BCUT2D eigenvalue weighted by Crippen LogP contribution is 2.29. The van der Waals surface area contributed by atoms with Crippen molar-refractivity contribution >= 4 is 17.0 Å². The molecule has 0 aliphatic carbocycles. The third-order valence-electron chi connectivity index (χ3n) is 6.86. The summed E-state index contributed by atoms with van der Waals surface area (Å²) >= 11 is 0. The van der Waals surface area contributed by atoms with Gasteiger partial charge in [0.05, 0.1) is 23.1 Å². The van der Waals surface area contributed by atoms with Crippen molar-refractivity contribution in [3.05, 3.63) is 51.9 Å². The molecule has 0 saturated carbocycles. The number of aliphatic carboxylic acids is 1. The van der Waals surface area contributed by atoms with Crippen LogP contribution in [0.1, 0.15) is 37.3 Å². The van der Waals surface area contributed by atoms with Gasteiger partial charge in [-0.3, -0.25) is 9.59 Å². The number of aliphatic hydroxyl groups is 1. The highest BCUT2D eigenvalue weighted by molar-refractivity contribution is 5.81. The number of imidazole rings is 1. The smallest absolute Gasteiger partial charge is 0.309 e. The van der Waals surface area contributed by atoms with E-state index in [1.165, 1.54) is 6.92 Å². The van der Waals surface area contributed by atoms with E-state index in [4.69, 9.17) is 9.72 Å². The molecule has 1 saturated heterocycles. The number of carbonyl (C=O) groups is 1. The Hall–Kier alpha value is -2.97. The number of aryl methyl sites for hydroxylation is 3. The molecule has 34 heavy (non-hydrogen) atoms. The zero-order chi connectivity index (χ0) is 24.4. The van der Waals surface area contributed by atoms with Crippen molar-refractivity contribution in [1.82, 2.24) is 14.1 Å². The number of nitrogens with zero attached hydrogens (tertiary/aromatic N) is 3. The van der Waals surface area contributed by atoms with Gasteiger partial charge in [0.25, 0.3) is 5.56 Å². The number of ether oxygens (including phenoxy) is 1. The van der Waals surface area contributed by atoms with Crippen molar-refractivity contribution < 1.29 is 19.7 Å². The van der Waals surface area contributed by atoms with Crippen LogP contribution in [0, 0.1) is 18.8 Å². The Kier molecular flexibility index (Phi) is 7.19. The van der Waals surface area contributed by atoms with Gasteiger partial charge in [-0.05, 0) is 69.2 Å². The van der Waals surface area contributed by atoms with E-state index in [1.807, 2.05) is 37.4 Å². The first-order valence-corrected chi connectivity index (χ1v) is 11.9. The Balaban J connectivity index is 1.72. The summed E-state index contributed by atoms with van der Waals surface area (Å²) in [5.41, 5.74) is 4.38. The number of aliphatic hydroxyl groups excluding tert-OH is 1. The molecule has 2 atom stereocenters. The van der Waals surface area contributed by atoms with Crippen LogP contribution in [0.2, 0.25) is 0 Å². The number of pyridine rings is 1. The topological polar surface area (TPSA) is 107 Å². The minimum Gasteiger partial charge on any atom is -0.481 e. The lowest BCUT2D eigenvalue weighted by Gasteiger charge is -2.23. The number of hydrogen-bond donors (Lipinski definition) is 2. The van der Waals surface area contributed by atoms with Crippen LogP contribution in [-0.4, -0.2) is 49.6 Å². The van der Waals surface area contributed by atoms with Crippen LogP contribution in [0.3, 0.4) is 0 Å². The Bertz CT molecular complexity index is 1210. The van der Waals surface area contributed by atoms with Crippen LogP contribution in [0.15, 0.2) is 35.3 Å². The lowest BCUT2D eigenvalue weighted by atomic mass is 9.95. The van der Waals surface area contributed by atoms with Gasteiger partial charge in [-0.2, -0.15) is 0 Å². The van der Waals surface area contributed by atoms with Crippen LogP contribution in [-0.2, 0) is 29.5 Å². The van der Waals surface area contributed by atoms with Crippen LogP contribution in [0.5, 0.6) is 0 Å². The zero-order valence-electron chi connectivity index (χ0n) is 20.0. The molecule has 1 fully saturated rings. The van der Waals surface area contributed by atoms with Crippen molar-refractivity contribution in [3.8, 4) is 11.4 Å². The maximum Gasteiger partial charge on any atom is 0.309 e.